The van der Waals surface area contributed by atoms with Crippen molar-refractivity contribution in [1.82, 2.24) is 10.3 Å². The highest BCUT2D eigenvalue weighted by Gasteiger charge is 2.10. The van der Waals surface area contributed by atoms with Gasteiger partial charge >= 0.3 is 0 Å². The number of aromatic nitrogens is 1. The molecule has 0 aliphatic heterocycles. The Bertz CT molecular complexity index is 1280. The number of phenolic OH excluding ortho intramolecular Hbond substituents is 1. The maximum absolute atomic E-state index is 12.5. The van der Waals surface area contributed by atoms with Crippen LogP contribution in [0, 0.1) is 0 Å². The number of carbonyl (C=O) groups is 1. The van der Waals surface area contributed by atoms with Gasteiger partial charge in [-0.25, -0.2) is 4.98 Å². The number of methoxy groups -OCH3 is 1. The zero-order chi connectivity index (χ0) is 23.8. The van der Waals surface area contributed by atoms with E-state index >= 15 is 0 Å². The van der Waals surface area contributed by atoms with E-state index < -0.39 is 0 Å². The van der Waals surface area contributed by atoms with E-state index in [1.165, 1.54) is 0 Å². The normalized spacial score (nSPS) is 10.9. The van der Waals surface area contributed by atoms with Gasteiger partial charge in [0.05, 0.1) is 13.5 Å². The SMILES string of the molecule is COc1ccc(CC(=O)NCc2ccccc2-c2ccccc2C=Cc2ccc(O)cc2)cn1. The maximum Gasteiger partial charge on any atom is 0.224 e. The van der Waals surface area contributed by atoms with Gasteiger partial charge in [0.25, 0.3) is 0 Å². The van der Waals surface area contributed by atoms with Gasteiger partial charge in [-0.15, -0.1) is 0 Å². The van der Waals surface area contributed by atoms with E-state index in [0.717, 1.165) is 33.4 Å². The minimum absolute atomic E-state index is 0.0673. The lowest BCUT2D eigenvalue weighted by Crippen LogP contribution is -2.24. The summed E-state index contributed by atoms with van der Waals surface area (Å²) in [5, 5.41) is 12.5. The van der Waals surface area contributed by atoms with Crippen molar-refractivity contribution < 1.29 is 14.6 Å². The predicted molar refractivity (Wildman–Crippen MR) is 135 cm³/mol. The minimum atomic E-state index is -0.0673. The number of rotatable bonds is 8. The van der Waals surface area contributed by atoms with Gasteiger partial charge in [-0.2, -0.15) is 0 Å². The van der Waals surface area contributed by atoms with E-state index in [1.807, 2.05) is 54.6 Å². The van der Waals surface area contributed by atoms with E-state index in [-0.39, 0.29) is 18.1 Å². The summed E-state index contributed by atoms with van der Waals surface area (Å²) in [6.45, 7) is 0.425. The highest BCUT2D eigenvalue weighted by atomic mass is 16.5. The molecule has 0 bridgehead atoms. The van der Waals surface area contributed by atoms with Crippen LogP contribution >= 0.6 is 0 Å². The molecule has 5 nitrogen and oxygen atoms in total. The first-order valence-electron chi connectivity index (χ1n) is 11.0. The number of carbonyl (C=O) groups excluding carboxylic acids is 1. The summed E-state index contributed by atoms with van der Waals surface area (Å²) >= 11 is 0. The number of amides is 1. The van der Waals surface area contributed by atoms with E-state index in [2.05, 4.69) is 34.6 Å². The molecule has 0 unspecified atom stereocenters. The van der Waals surface area contributed by atoms with Crippen LogP contribution in [0.3, 0.4) is 0 Å². The molecule has 0 saturated carbocycles. The molecule has 0 aliphatic carbocycles. The van der Waals surface area contributed by atoms with Crippen molar-refractivity contribution in [2.45, 2.75) is 13.0 Å². The van der Waals surface area contributed by atoms with Crippen LogP contribution < -0.4 is 10.1 Å². The van der Waals surface area contributed by atoms with Gasteiger partial charge in [0.1, 0.15) is 5.75 Å². The van der Waals surface area contributed by atoms with Crippen LogP contribution in [0.25, 0.3) is 23.3 Å². The Hall–Kier alpha value is -4.38. The Morgan fingerprint density at radius 3 is 2.38 bits per heavy atom. The molecule has 0 saturated heterocycles. The molecule has 1 heterocycles. The van der Waals surface area contributed by atoms with Crippen LogP contribution in [0.5, 0.6) is 11.6 Å². The smallest absolute Gasteiger partial charge is 0.224 e. The van der Waals surface area contributed by atoms with Gasteiger partial charge in [-0.1, -0.05) is 78.9 Å². The molecule has 2 N–H and O–H groups in total. The number of benzene rings is 3. The minimum Gasteiger partial charge on any atom is -0.508 e. The molecule has 0 radical (unpaired) electrons. The monoisotopic (exact) mass is 450 g/mol. The van der Waals surface area contributed by atoms with Crippen molar-refractivity contribution in [2.24, 2.45) is 0 Å². The molecule has 34 heavy (non-hydrogen) atoms. The second-order valence-corrected chi connectivity index (χ2v) is 7.83. The van der Waals surface area contributed by atoms with Gasteiger partial charge in [0.15, 0.2) is 0 Å². The molecule has 0 fully saturated rings. The molecule has 4 aromatic rings. The van der Waals surface area contributed by atoms with Crippen molar-refractivity contribution in [1.29, 1.82) is 0 Å². The van der Waals surface area contributed by atoms with Crippen molar-refractivity contribution in [3.8, 4) is 22.8 Å². The first-order chi connectivity index (χ1) is 16.6. The Balaban J connectivity index is 1.50. The quantitative estimate of drug-likeness (QED) is 0.348. The Labute approximate surface area is 199 Å². The van der Waals surface area contributed by atoms with Crippen LogP contribution in [-0.4, -0.2) is 23.1 Å². The number of hydrogen-bond donors (Lipinski definition) is 2. The van der Waals surface area contributed by atoms with E-state index in [0.29, 0.717) is 12.4 Å². The molecule has 3 aromatic carbocycles. The lowest BCUT2D eigenvalue weighted by Gasteiger charge is -2.13. The fourth-order valence-electron chi connectivity index (χ4n) is 3.67. The van der Waals surface area contributed by atoms with Gasteiger partial charge < -0.3 is 15.2 Å². The summed E-state index contributed by atoms with van der Waals surface area (Å²) in [6.07, 6.45) is 5.99. The van der Waals surface area contributed by atoms with E-state index in [1.54, 1.807) is 31.5 Å². The Kier molecular flexibility index (Phi) is 7.35. The summed E-state index contributed by atoms with van der Waals surface area (Å²) in [6, 6.07) is 26.9. The largest absolute Gasteiger partial charge is 0.508 e. The fraction of sp³-hybridized carbons (Fsp3) is 0.103. The topological polar surface area (TPSA) is 71.5 Å². The van der Waals surface area contributed by atoms with Gasteiger partial charge in [0.2, 0.25) is 11.8 Å². The number of hydrogen-bond acceptors (Lipinski definition) is 4. The van der Waals surface area contributed by atoms with E-state index in [4.69, 9.17) is 4.74 Å². The van der Waals surface area contributed by atoms with Gasteiger partial charge in [0, 0.05) is 18.8 Å². The summed E-state index contributed by atoms with van der Waals surface area (Å²) in [5.41, 5.74) is 6.09. The molecule has 0 aliphatic rings. The Morgan fingerprint density at radius 1 is 0.912 bits per heavy atom. The van der Waals surface area contributed by atoms with E-state index in [9.17, 15) is 9.90 Å². The zero-order valence-corrected chi connectivity index (χ0v) is 18.9. The predicted octanol–water partition coefficient (Wildman–Crippen LogP) is 5.49. The summed E-state index contributed by atoms with van der Waals surface area (Å²) in [7, 11) is 1.56. The molecule has 0 spiro atoms. The molecule has 1 amide bonds. The lowest BCUT2D eigenvalue weighted by atomic mass is 9.94. The zero-order valence-electron chi connectivity index (χ0n) is 18.9. The maximum atomic E-state index is 12.5. The molecule has 0 atom stereocenters. The first-order valence-corrected chi connectivity index (χ1v) is 11.0. The highest BCUT2D eigenvalue weighted by molar-refractivity contribution is 5.83. The van der Waals surface area contributed by atoms with Crippen molar-refractivity contribution in [3.05, 3.63) is 113 Å². The van der Waals surface area contributed by atoms with Crippen LogP contribution in [-0.2, 0) is 17.8 Å². The van der Waals surface area contributed by atoms with Crippen LogP contribution in [0.2, 0.25) is 0 Å². The van der Waals surface area contributed by atoms with Crippen LogP contribution in [0.1, 0.15) is 22.3 Å². The third-order valence-corrected chi connectivity index (χ3v) is 5.46. The standard InChI is InChI=1S/C29H26N2O3/c1-34-29-17-13-22(19-31-29)18-28(33)30-20-24-7-3-5-9-27(24)26-8-4-2-6-23(26)14-10-21-11-15-25(32)16-12-21/h2-17,19,32H,18,20H2,1H3,(H,30,33). The van der Waals surface area contributed by atoms with Crippen molar-refractivity contribution in [2.75, 3.05) is 7.11 Å². The number of aromatic hydroxyl groups is 1. The Morgan fingerprint density at radius 2 is 1.65 bits per heavy atom. The third kappa shape index (κ3) is 5.90. The summed E-state index contributed by atoms with van der Waals surface area (Å²) in [4.78, 5) is 16.7. The average Bonchev–Trinajstić information content (AvgIpc) is 2.88. The fourth-order valence-corrected chi connectivity index (χ4v) is 3.67. The lowest BCUT2D eigenvalue weighted by molar-refractivity contribution is -0.120. The number of phenols is 1. The molecular formula is C29H26N2O3. The van der Waals surface area contributed by atoms with Crippen LogP contribution in [0.4, 0.5) is 0 Å². The molecule has 5 heteroatoms. The highest BCUT2D eigenvalue weighted by Crippen LogP contribution is 2.28. The third-order valence-electron chi connectivity index (χ3n) is 5.46. The van der Waals surface area contributed by atoms with Crippen LogP contribution in [0.15, 0.2) is 91.1 Å². The molecular weight excluding hydrogens is 424 g/mol. The second-order valence-electron chi connectivity index (χ2n) is 7.83. The second kappa shape index (κ2) is 11.0. The number of pyridine rings is 1. The molecule has 4 rings (SSSR count). The summed E-state index contributed by atoms with van der Waals surface area (Å²) < 4.78 is 5.06. The molecule has 1 aromatic heterocycles. The summed E-state index contributed by atoms with van der Waals surface area (Å²) in [5.74, 6) is 0.704. The van der Waals surface area contributed by atoms with Gasteiger partial charge in [-0.3, -0.25) is 4.79 Å². The van der Waals surface area contributed by atoms with Crippen molar-refractivity contribution >= 4 is 18.1 Å². The van der Waals surface area contributed by atoms with Crippen molar-refractivity contribution in [3.63, 3.8) is 0 Å². The van der Waals surface area contributed by atoms with Gasteiger partial charge in [-0.05, 0) is 45.5 Å². The number of ether oxygens (including phenoxy) is 1. The average molecular weight is 451 g/mol. The number of nitrogens with one attached hydrogen (secondary N) is 1. The molecule has 170 valence electrons. The number of nitrogens with zero attached hydrogens (tertiary/aromatic N) is 1. The first kappa shape index (κ1) is 22.8.